The van der Waals surface area contributed by atoms with Crippen LogP contribution in [-0.4, -0.2) is 27.2 Å². The standard InChI is InChI=1S/C25H22N2O3/c28-25(29)10-9-22-8-6-20(17-27-13-12-26-18-27)16-24(22)30-14-11-19-5-7-21-3-1-2-4-23(21)15-19/h1-10,12-13,15-16,18H,11,14,17H2,(H,28,29)/b10-9+. The van der Waals surface area contributed by atoms with E-state index in [0.717, 1.165) is 23.6 Å². The lowest BCUT2D eigenvalue weighted by molar-refractivity contribution is -0.131. The van der Waals surface area contributed by atoms with Gasteiger partial charge in [0.25, 0.3) is 0 Å². The number of hydrogen-bond donors (Lipinski definition) is 1. The Morgan fingerprint density at radius 1 is 1.03 bits per heavy atom. The van der Waals surface area contributed by atoms with Crippen LogP contribution in [0.3, 0.4) is 0 Å². The lowest BCUT2D eigenvalue weighted by Crippen LogP contribution is -2.04. The van der Waals surface area contributed by atoms with Crippen molar-refractivity contribution < 1.29 is 14.6 Å². The number of ether oxygens (including phenoxy) is 1. The summed E-state index contributed by atoms with van der Waals surface area (Å²) in [5, 5.41) is 11.4. The van der Waals surface area contributed by atoms with E-state index >= 15 is 0 Å². The Hall–Kier alpha value is -3.86. The fourth-order valence-corrected chi connectivity index (χ4v) is 3.37. The molecule has 5 nitrogen and oxygen atoms in total. The molecule has 0 bridgehead atoms. The number of rotatable bonds is 8. The first-order chi connectivity index (χ1) is 14.7. The number of carboxylic acid groups (broad SMARTS) is 1. The van der Waals surface area contributed by atoms with Crippen LogP contribution < -0.4 is 4.74 Å². The van der Waals surface area contributed by atoms with Crippen molar-refractivity contribution in [3.63, 3.8) is 0 Å². The molecule has 0 fully saturated rings. The summed E-state index contributed by atoms with van der Waals surface area (Å²) in [6, 6.07) is 20.5. The summed E-state index contributed by atoms with van der Waals surface area (Å²) in [6.45, 7) is 1.17. The van der Waals surface area contributed by atoms with Crippen LogP contribution in [0.2, 0.25) is 0 Å². The van der Waals surface area contributed by atoms with E-state index in [9.17, 15) is 4.79 Å². The molecule has 0 unspecified atom stereocenters. The van der Waals surface area contributed by atoms with Crippen molar-refractivity contribution in [2.24, 2.45) is 0 Å². The summed E-state index contributed by atoms with van der Waals surface area (Å²) in [5.41, 5.74) is 3.00. The van der Waals surface area contributed by atoms with Crippen LogP contribution in [0.1, 0.15) is 16.7 Å². The molecular formula is C25H22N2O3. The van der Waals surface area contributed by atoms with Crippen LogP contribution in [0.5, 0.6) is 5.75 Å². The van der Waals surface area contributed by atoms with E-state index in [2.05, 4.69) is 35.3 Å². The SMILES string of the molecule is O=C(O)/C=C/c1ccc(Cn2ccnc2)cc1OCCc1ccc2ccccc2c1. The maximum atomic E-state index is 10.9. The molecular weight excluding hydrogens is 376 g/mol. The first-order valence-electron chi connectivity index (χ1n) is 9.77. The molecule has 0 atom stereocenters. The zero-order valence-corrected chi connectivity index (χ0v) is 16.4. The number of imidazole rings is 1. The minimum absolute atomic E-state index is 0.501. The molecule has 0 saturated heterocycles. The number of fused-ring (bicyclic) bond motifs is 1. The highest BCUT2D eigenvalue weighted by Crippen LogP contribution is 2.23. The predicted molar refractivity (Wildman–Crippen MR) is 118 cm³/mol. The van der Waals surface area contributed by atoms with Crippen LogP contribution in [0, 0.1) is 0 Å². The van der Waals surface area contributed by atoms with Crippen molar-refractivity contribution in [1.29, 1.82) is 0 Å². The molecule has 3 aromatic carbocycles. The van der Waals surface area contributed by atoms with Gasteiger partial charge in [-0.2, -0.15) is 0 Å². The summed E-state index contributed by atoms with van der Waals surface area (Å²) in [6.07, 6.45) is 8.86. The highest BCUT2D eigenvalue weighted by atomic mass is 16.5. The summed E-state index contributed by atoms with van der Waals surface area (Å²) in [4.78, 5) is 15.0. The Kier molecular flexibility index (Phi) is 5.90. The number of hydrogen-bond acceptors (Lipinski definition) is 3. The molecule has 4 aromatic rings. The van der Waals surface area contributed by atoms with Gasteiger partial charge in [0.1, 0.15) is 5.75 Å². The van der Waals surface area contributed by atoms with Crippen LogP contribution in [0.4, 0.5) is 0 Å². The van der Waals surface area contributed by atoms with Gasteiger partial charge in [-0.25, -0.2) is 9.78 Å². The molecule has 1 N–H and O–H groups in total. The first kappa shape index (κ1) is 19.5. The van der Waals surface area contributed by atoms with Crippen LogP contribution in [0.15, 0.2) is 85.5 Å². The molecule has 1 heterocycles. The molecule has 30 heavy (non-hydrogen) atoms. The smallest absolute Gasteiger partial charge is 0.328 e. The zero-order chi connectivity index (χ0) is 20.8. The fraction of sp³-hybridized carbons (Fsp3) is 0.120. The topological polar surface area (TPSA) is 64.3 Å². The third-order valence-electron chi connectivity index (χ3n) is 4.87. The van der Waals surface area contributed by atoms with Crippen LogP contribution in [-0.2, 0) is 17.8 Å². The normalized spacial score (nSPS) is 11.2. The van der Waals surface area contributed by atoms with Gasteiger partial charge in [-0.05, 0) is 34.0 Å². The monoisotopic (exact) mass is 398 g/mol. The fourth-order valence-electron chi connectivity index (χ4n) is 3.37. The maximum Gasteiger partial charge on any atom is 0.328 e. The van der Waals surface area contributed by atoms with Crippen LogP contribution in [0.25, 0.3) is 16.8 Å². The molecule has 5 heteroatoms. The van der Waals surface area contributed by atoms with Crippen molar-refractivity contribution >= 4 is 22.8 Å². The predicted octanol–water partition coefficient (Wildman–Crippen LogP) is 4.80. The summed E-state index contributed by atoms with van der Waals surface area (Å²) >= 11 is 0. The Labute approximate surface area is 174 Å². The van der Waals surface area contributed by atoms with Gasteiger partial charge in [0, 0.05) is 37.0 Å². The number of nitrogens with zero attached hydrogens (tertiary/aromatic N) is 2. The van der Waals surface area contributed by atoms with Crippen molar-refractivity contribution in [3.05, 3.63) is 102 Å². The Balaban J connectivity index is 1.49. The van der Waals surface area contributed by atoms with E-state index in [1.807, 2.05) is 41.1 Å². The van der Waals surface area contributed by atoms with Gasteiger partial charge >= 0.3 is 5.97 Å². The zero-order valence-electron chi connectivity index (χ0n) is 16.4. The van der Waals surface area contributed by atoms with Gasteiger partial charge < -0.3 is 14.4 Å². The number of carboxylic acids is 1. The van der Waals surface area contributed by atoms with Crippen LogP contribution >= 0.6 is 0 Å². The molecule has 0 aliphatic heterocycles. The van der Waals surface area contributed by atoms with Crippen molar-refractivity contribution in [1.82, 2.24) is 9.55 Å². The lowest BCUT2D eigenvalue weighted by atomic mass is 10.1. The Morgan fingerprint density at radius 2 is 1.87 bits per heavy atom. The lowest BCUT2D eigenvalue weighted by Gasteiger charge is -2.12. The van der Waals surface area contributed by atoms with E-state index < -0.39 is 5.97 Å². The molecule has 0 saturated carbocycles. The van der Waals surface area contributed by atoms with Gasteiger partial charge in [0.05, 0.1) is 12.9 Å². The minimum atomic E-state index is -0.986. The third kappa shape index (κ3) is 4.94. The number of benzene rings is 3. The highest BCUT2D eigenvalue weighted by molar-refractivity contribution is 5.86. The average molecular weight is 398 g/mol. The molecule has 0 aliphatic rings. The van der Waals surface area contributed by atoms with Gasteiger partial charge in [0.15, 0.2) is 0 Å². The summed E-state index contributed by atoms with van der Waals surface area (Å²) in [5.74, 6) is -0.314. The molecule has 0 spiro atoms. The van der Waals surface area contributed by atoms with Gasteiger partial charge in [0.2, 0.25) is 0 Å². The molecule has 150 valence electrons. The largest absolute Gasteiger partial charge is 0.493 e. The summed E-state index contributed by atoms with van der Waals surface area (Å²) in [7, 11) is 0. The van der Waals surface area contributed by atoms with Crippen molar-refractivity contribution in [2.75, 3.05) is 6.61 Å². The quantitative estimate of drug-likeness (QED) is 0.433. The molecule has 1 aromatic heterocycles. The maximum absolute atomic E-state index is 10.9. The van der Waals surface area contributed by atoms with E-state index in [1.165, 1.54) is 16.3 Å². The minimum Gasteiger partial charge on any atom is -0.493 e. The van der Waals surface area contributed by atoms with Crippen molar-refractivity contribution in [3.8, 4) is 5.75 Å². The molecule has 0 amide bonds. The third-order valence-corrected chi connectivity index (χ3v) is 4.87. The molecule has 4 rings (SSSR count). The molecule has 0 aliphatic carbocycles. The van der Waals surface area contributed by atoms with Gasteiger partial charge in [-0.15, -0.1) is 0 Å². The summed E-state index contributed by atoms with van der Waals surface area (Å²) < 4.78 is 8.05. The second-order valence-electron chi connectivity index (χ2n) is 7.06. The average Bonchev–Trinajstić information content (AvgIpc) is 3.26. The molecule has 0 radical (unpaired) electrons. The number of aliphatic carboxylic acids is 1. The second-order valence-corrected chi connectivity index (χ2v) is 7.06. The Bertz CT molecular complexity index is 1180. The van der Waals surface area contributed by atoms with Gasteiger partial charge in [-0.1, -0.05) is 54.6 Å². The van der Waals surface area contributed by atoms with Gasteiger partial charge in [-0.3, -0.25) is 0 Å². The second kappa shape index (κ2) is 9.09. The van der Waals surface area contributed by atoms with E-state index in [-0.39, 0.29) is 0 Å². The number of carbonyl (C=O) groups is 1. The highest BCUT2D eigenvalue weighted by Gasteiger charge is 2.06. The number of aromatic nitrogens is 2. The first-order valence-corrected chi connectivity index (χ1v) is 9.77. The van der Waals surface area contributed by atoms with E-state index in [1.54, 1.807) is 18.6 Å². The van der Waals surface area contributed by atoms with Crippen molar-refractivity contribution in [2.45, 2.75) is 13.0 Å². The Morgan fingerprint density at radius 3 is 2.67 bits per heavy atom. The van der Waals surface area contributed by atoms with E-state index in [0.29, 0.717) is 18.9 Å². The van der Waals surface area contributed by atoms with E-state index in [4.69, 9.17) is 9.84 Å².